The third kappa shape index (κ3) is 5.50. The van der Waals surface area contributed by atoms with Crippen LogP contribution in [0.3, 0.4) is 0 Å². The quantitative estimate of drug-likeness (QED) is 0.597. The van der Waals surface area contributed by atoms with E-state index >= 15 is 0 Å². The maximum Gasteiger partial charge on any atom is 0.318 e. The van der Waals surface area contributed by atoms with Gasteiger partial charge in [0.2, 0.25) is 0 Å². The molecule has 0 atom stereocenters. The molecule has 5 heteroatoms. The zero-order chi connectivity index (χ0) is 17.3. The van der Waals surface area contributed by atoms with Crippen LogP contribution in [0.15, 0.2) is 70.7 Å². The molecular weight excluding hydrogens is 332 g/mol. The molecule has 3 rings (SSSR count). The van der Waals surface area contributed by atoms with Crippen LogP contribution in [0.2, 0.25) is 0 Å². The van der Waals surface area contributed by atoms with Crippen molar-refractivity contribution < 1.29 is 9.21 Å². The number of furan rings is 1. The van der Waals surface area contributed by atoms with Gasteiger partial charge in [0.15, 0.2) is 0 Å². The number of benzene rings is 1. The second-order valence-electron chi connectivity index (χ2n) is 5.84. The van der Waals surface area contributed by atoms with Gasteiger partial charge in [-0.25, -0.2) is 4.79 Å². The van der Waals surface area contributed by atoms with Crippen LogP contribution in [-0.4, -0.2) is 17.5 Å². The Morgan fingerprint density at radius 2 is 1.92 bits per heavy atom. The highest BCUT2D eigenvalue weighted by Gasteiger charge is 2.16. The minimum absolute atomic E-state index is 0.0575. The average Bonchev–Trinajstić information content (AvgIpc) is 3.33. The molecule has 0 saturated carbocycles. The van der Waals surface area contributed by atoms with Gasteiger partial charge in [-0.2, -0.15) is 0 Å². The van der Waals surface area contributed by atoms with Crippen molar-refractivity contribution in [3.63, 3.8) is 0 Å². The smallest absolute Gasteiger partial charge is 0.318 e. The van der Waals surface area contributed by atoms with E-state index in [1.54, 1.807) is 22.5 Å². The maximum atomic E-state index is 12.6. The second-order valence-corrected chi connectivity index (χ2v) is 6.87. The molecule has 4 nitrogen and oxygen atoms in total. The molecule has 0 spiro atoms. The van der Waals surface area contributed by atoms with Gasteiger partial charge >= 0.3 is 6.03 Å². The number of rotatable bonds is 8. The number of nitrogens with one attached hydrogen (secondary N) is 1. The number of hydrogen-bond donors (Lipinski definition) is 1. The van der Waals surface area contributed by atoms with Crippen molar-refractivity contribution in [1.82, 2.24) is 10.2 Å². The molecular formula is C20H22N2O2S. The van der Waals surface area contributed by atoms with Crippen molar-refractivity contribution in [3.05, 3.63) is 82.4 Å². The van der Waals surface area contributed by atoms with Gasteiger partial charge in [-0.3, -0.25) is 0 Å². The second kappa shape index (κ2) is 9.08. The summed E-state index contributed by atoms with van der Waals surface area (Å²) in [6.45, 7) is 1.71. The summed E-state index contributed by atoms with van der Waals surface area (Å²) < 4.78 is 5.40. The summed E-state index contributed by atoms with van der Waals surface area (Å²) in [4.78, 5) is 15.5. The predicted molar refractivity (Wildman–Crippen MR) is 100 cm³/mol. The van der Waals surface area contributed by atoms with Crippen molar-refractivity contribution in [2.24, 2.45) is 0 Å². The highest BCUT2D eigenvalue weighted by Crippen LogP contribution is 2.15. The Bertz CT molecular complexity index is 703. The molecule has 0 radical (unpaired) electrons. The minimum atomic E-state index is -0.0575. The number of amides is 2. The van der Waals surface area contributed by atoms with Crippen LogP contribution < -0.4 is 5.32 Å². The SMILES string of the molecule is O=C(NCCCc1ccccc1)N(Cc1ccco1)Cc1cccs1. The fourth-order valence-corrected chi connectivity index (χ4v) is 3.34. The first kappa shape index (κ1) is 17.3. The van der Waals surface area contributed by atoms with E-state index in [-0.39, 0.29) is 6.03 Å². The van der Waals surface area contributed by atoms with Gasteiger partial charge in [0.25, 0.3) is 0 Å². The fourth-order valence-electron chi connectivity index (χ4n) is 2.63. The summed E-state index contributed by atoms with van der Waals surface area (Å²) in [7, 11) is 0. The number of aryl methyl sites for hydroxylation is 1. The lowest BCUT2D eigenvalue weighted by Crippen LogP contribution is -2.39. The third-order valence-corrected chi connectivity index (χ3v) is 4.76. The Balaban J connectivity index is 1.51. The molecule has 25 heavy (non-hydrogen) atoms. The maximum absolute atomic E-state index is 12.6. The Hall–Kier alpha value is -2.53. The number of carbonyl (C=O) groups excluding carboxylic acids is 1. The van der Waals surface area contributed by atoms with Gasteiger partial charge in [0, 0.05) is 11.4 Å². The van der Waals surface area contributed by atoms with E-state index in [1.807, 2.05) is 47.8 Å². The zero-order valence-electron chi connectivity index (χ0n) is 14.1. The summed E-state index contributed by atoms with van der Waals surface area (Å²) in [5.74, 6) is 0.788. The fraction of sp³-hybridized carbons (Fsp3) is 0.250. The Morgan fingerprint density at radius 1 is 1.04 bits per heavy atom. The van der Waals surface area contributed by atoms with Gasteiger partial charge in [0.1, 0.15) is 5.76 Å². The van der Waals surface area contributed by atoms with Gasteiger partial charge < -0.3 is 14.6 Å². The van der Waals surface area contributed by atoms with E-state index in [9.17, 15) is 4.79 Å². The first-order chi connectivity index (χ1) is 12.3. The normalized spacial score (nSPS) is 10.6. The molecule has 1 aromatic carbocycles. The molecule has 2 aromatic heterocycles. The van der Waals surface area contributed by atoms with Crippen LogP contribution in [-0.2, 0) is 19.5 Å². The molecule has 130 valence electrons. The predicted octanol–water partition coefficient (Wildman–Crippen LogP) is 4.69. The first-order valence-electron chi connectivity index (χ1n) is 8.43. The Kier molecular flexibility index (Phi) is 6.29. The van der Waals surface area contributed by atoms with E-state index < -0.39 is 0 Å². The van der Waals surface area contributed by atoms with E-state index in [1.165, 1.54) is 5.56 Å². The molecule has 0 saturated heterocycles. The summed E-state index contributed by atoms with van der Waals surface area (Å²) in [5.41, 5.74) is 1.29. The molecule has 1 N–H and O–H groups in total. The van der Waals surface area contributed by atoms with E-state index in [4.69, 9.17) is 4.42 Å². The zero-order valence-corrected chi connectivity index (χ0v) is 14.9. The van der Waals surface area contributed by atoms with Gasteiger partial charge in [-0.1, -0.05) is 36.4 Å². The molecule has 0 aliphatic rings. The molecule has 0 unspecified atom stereocenters. The van der Waals surface area contributed by atoms with Crippen LogP contribution in [0.1, 0.15) is 22.6 Å². The van der Waals surface area contributed by atoms with Crippen molar-refractivity contribution in [2.75, 3.05) is 6.54 Å². The molecule has 0 aliphatic heterocycles. The van der Waals surface area contributed by atoms with Crippen molar-refractivity contribution in [3.8, 4) is 0 Å². The summed E-state index contributed by atoms with van der Waals surface area (Å²) in [5, 5.41) is 5.05. The van der Waals surface area contributed by atoms with Crippen LogP contribution in [0.25, 0.3) is 0 Å². The summed E-state index contributed by atoms with van der Waals surface area (Å²) in [6.07, 6.45) is 3.52. The number of urea groups is 1. The topological polar surface area (TPSA) is 45.5 Å². The average molecular weight is 354 g/mol. The van der Waals surface area contributed by atoms with E-state index in [0.717, 1.165) is 23.5 Å². The molecule has 2 amide bonds. The van der Waals surface area contributed by atoms with E-state index in [0.29, 0.717) is 19.6 Å². The number of hydrogen-bond acceptors (Lipinski definition) is 3. The lowest BCUT2D eigenvalue weighted by Gasteiger charge is -2.21. The number of nitrogens with zero attached hydrogens (tertiary/aromatic N) is 1. The lowest BCUT2D eigenvalue weighted by molar-refractivity contribution is 0.188. The Labute approximate surface area is 152 Å². The number of carbonyl (C=O) groups is 1. The number of thiophene rings is 1. The molecule has 2 heterocycles. The first-order valence-corrected chi connectivity index (χ1v) is 9.31. The van der Waals surface area contributed by atoms with Crippen LogP contribution >= 0.6 is 11.3 Å². The van der Waals surface area contributed by atoms with Gasteiger partial charge in [0.05, 0.1) is 19.4 Å². The Morgan fingerprint density at radius 3 is 2.64 bits per heavy atom. The molecule has 0 fully saturated rings. The third-order valence-electron chi connectivity index (χ3n) is 3.90. The lowest BCUT2D eigenvalue weighted by atomic mass is 10.1. The summed E-state index contributed by atoms with van der Waals surface area (Å²) >= 11 is 1.65. The van der Waals surface area contributed by atoms with Crippen molar-refractivity contribution in [1.29, 1.82) is 0 Å². The molecule has 0 bridgehead atoms. The van der Waals surface area contributed by atoms with Crippen LogP contribution in [0, 0.1) is 0 Å². The molecule has 3 aromatic rings. The standard InChI is InChI=1S/C20H22N2O2S/c23-20(21-12-4-9-17-7-2-1-3-8-17)22(15-18-10-5-13-24-18)16-19-11-6-14-25-19/h1-3,5-8,10-11,13-14H,4,9,12,15-16H2,(H,21,23). The van der Waals surface area contributed by atoms with Gasteiger partial charge in [-0.15, -0.1) is 11.3 Å². The summed E-state index contributed by atoms with van der Waals surface area (Å²) in [6, 6.07) is 18.1. The largest absolute Gasteiger partial charge is 0.467 e. The highest BCUT2D eigenvalue weighted by atomic mass is 32.1. The van der Waals surface area contributed by atoms with Crippen molar-refractivity contribution >= 4 is 17.4 Å². The highest BCUT2D eigenvalue weighted by molar-refractivity contribution is 7.09. The van der Waals surface area contributed by atoms with Crippen LogP contribution in [0.5, 0.6) is 0 Å². The monoisotopic (exact) mass is 354 g/mol. The van der Waals surface area contributed by atoms with Gasteiger partial charge in [-0.05, 0) is 42.0 Å². The van der Waals surface area contributed by atoms with Crippen LogP contribution in [0.4, 0.5) is 4.79 Å². The van der Waals surface area contributed by atoms with Crippen molar-refractivity contribution in [2.45, 2.75) is 25.9 Å². The van der Waals surface area contributed by atoms with E-state index in [2.05, 4.69) is 17.4 Å². The molecule has 0 aliphatic carbocycles. The minimum Gasteiger partial charge on any atom is -0.467 e.